The number of ether oxygens (including phenoxy) is 1. The van der Waals surface area contributed by atoms with Gasteiger partial charge in [0.15, 0.2) is 0 Å². The molecule has 2 N–H and O–H groups in total. The van der Waals surface area contributed by atoms with Gasteiger partial charge in [-0.15, -0.1) is 0 Å². The van der Waals surface area contributed by atoms with Crippen molar-refractivity contribution in [1.29, 1.82) is 0 Å². The van der Waals surface area contributed by atoms with Gasteiger partial charge in [-0.2, -0.15) is 0 Å². The van der Waals surface area contributed by atoms with Gasteiger partial charge in [0.2, 0.25) is 0 Å². The maximum atomic E-state index is 12.2. The number of carbonyl (C=O) groups is 1. The second kappa shape index (κ2) is 6.26. The molecule has 21 heavy (non-hydrogen) atoms. The summed E-state index contributed by atoms with van der Waals surface area (Å²) in [6.07, 6.45) is 6.29. The fraction of sp³-hybridized carbons (Fsp3) is 0.500. The van der Waals surface area contributed by atoms with Crippen molar-refractivity contribution < 1.29 is 9.53 Å². The number of nitrogens with one attached hydrogen (secondary N) is 2. The number of amides is 1. The number of aromatic amines is 1. The summed E-state index contributed by atoms with van der Waals surface area (Å²) >= 11 is 0. The lowest BCUT2D eigenvalue weighted by atomic mass is 10.1. The number of carbonyl (C=O) groups excluding carboxylic acids is 1. The lowest BCUT2D eigenvalue weighted by molar-refractivity contribution is 0.0899. The lowest BCUT2D eigenvalue weighted by Gasteiger charge is -2.16. The molecule has 0 saturated carbocycles. The molecule has 1 aliphatic heterocycles. The molecular weight excluding hydrogens is 266 g/mol. The molecule has 2 aromatic rings. The maximum Gasteiger partial charge on any atom is 0.251 e. The largest absolute Gasteiger partial charge is 0.378 e. The van der Waals surface area contributed by atoms with E-state index in [0.29, 0.717) is 11.7 Å². The predicted molar refractivity (Wildman–Crippen MR) is 81.2 cm³/mol. The predicted octanol–water partition coefficient (Wildman–Crippen LogP) is 2.64. The van der Waals surface area contributed by atoms with Crippen LogP contribution in [0, 0.1) is 0 Å². The number of fused-ring (bicyclic) bond motifs is 1. The second-order valence-corrected chi connectivity index (χ2v) is 5.72. The summed E-state index contributed by atoms with van der Waals surface area (Å²) in [6.45, 7) is 2.93. The van der Waals surface area contributed by atoms with E-state index in [0.717, 1.165) is 43.3 Å². The Morgan fingerprint density at radius 1 is 1.57 bits per heavy atom. The number of imidazole rings is 1. The number of benzene rings is 1. The molecule has 1 fully saturated rings. The first-order chi connectivity index (χ1) is 10.2. The highest BCUT2D eigenvalue weighted by Crippen LogP contribution is 2.18. The zero-order valence-corrected chi connectivity index (χ0v) is 12.3. The average Bonchev–Trinajstić information content (AvgIpc) is 3.15. The van der Waals surface area contributed by atoms with Gasteiger partial charge in [0.25, 0.3) is 5.91 Å². The third-order valence-electron chi connectivity index (χ3n) is 4.01. The minimum Gasteiger partial charge on any atom is -0.378 e. The molecule has 3 rings (SSSR count). The highest BCUT2D eigenvalue weighted by molar-refractivity contribution is 5.97. The van der Waals surface area contributed by atoms with E-state index >= 15 is 0 Å². The number of nitrogens with zero attached hydrogens (tertiary/aromatic N) is 1. The molecule has 5 nitrogen and oxygen atoms in total. The minimum atomic E-state index is -0.0358. The van der Waals surface area contributed by atoms with Gasteiger partial charge < -0.3 is 15.0 Å². The van der Waals surface area contributed by atoms with Crippen LogP contribution in [-0.4, -0.2) is 34.6 Å². The van der Waals surface area contributed by atoms with Crippen LogP contribution < -0.4 is 5.32 Å². The number of hydrogen-bond acceptors (Lipinski definition) is 3. The van der Waals surface area contributed by atoms with Gasteiger partial charge in [0, 0.05) is 18.2 Å². The van der Waals surface area contributed by atoms with E-state index in [-0.39, 0.29) is 11.9 Å². The zero-order valence-electron chi connectivity index (χ0n) is 12.3. The summed E-state index contributed by atoms with van der Waals surface area (Å²) in [5, 5.41) is 3.05. The lowest BCUT2D eigenvalue weighted by Crippen LogP contribution is -2.33. The number of rotatable bonds is 5. The van der Waals surface area contributed by atoms with Crippen molar-refractivity contribution in [3.05, 3.63) is 30.1 Å². The fourth-order valence-electron chi connectivity index (χ4n) is 2.76. The van der Waals surface area contributed by atoms with Gasteiger partial charge in [0.1, 0.15) is 0 Å². The van der Waals surface area contributed by atoms with Crippen molar-refractivity contribution in [3.63, 3.8) is 0 Å². The van der Waals surface area contributed by atoms with Gasteiger partial charge >= 0.3 is 0 Å². The van der Waals surface area contributed by atoms with E-state index in [1.807, 2.05) is 25.1 Å². The molecule has 112 valence electrons. The topological polar surface area (TPSA) is 67.0 Å². The zero-order chi connectivity index (χ0) is 14.7. The van der Waals surface area contributed by atoms with Crippen molar-refractivity contribution in [1.82, 2.24) is 15.3 Å². The molecule has 0 radical (unpaired) electrons. The van der Waals surface area contributed by atoms with Crippen LogP contribution in [0.5, 0.6) is 0 Å². The van der Waals surface area contributed by atoms with Crippen LogP contribution in [-0.2, 0) is 4.74 Å². The Morgan fingerprint density at radius 3 is 3.29 bits per heavy atom. The van der Waals surface area contributed by atoms with E-state index < -0.39 is 0 Å². The molecule has 0 spiro atoms. The van der Waals surface area contributed by atoms with E-state index in [9.17, 15) is 4.79 Å². The van der Waals surface area contributed by atoms with Gasteiger partial charge in [-0.3, -0.25) is 4.79 Å². The molecule has 2 atom stereocenters. The van der Waals surface area contributed by atoms with Crippen LogP contribution in [0.15, 0.2) is 24.5 Å². The first-order valence-electron chi connectivity index (χ1n) is 7.58. The molecule has 1 aliphatic rings. The monoisotopic (exact) mass is 287 g/mol. The number of hydrogen-bond donors (Lipinski definition) is 2. The highest BCUT2D eigenvalue weighted by atomic mass is 16.5. The van der Waals surface area contributed by atoms with Gasteiger partial charge in [-0.05, 0) is 50.8 Å². The minimum absolute atomic E-state index is 0.0358. The van der Waals surface area contributed by atoms with Crippen LogP contribution in [0.2, 0.25) is 0 Å². The average molecular weight is 287 g/mol. The molecule has 1 aromatic carbocycles. The van der Waals surface area contributed by atoms with Crippen LogP contribution in [0.25, 0.3) is 11.0 Å². The van der Waals surface area contributed by atoms with Crippen molar-refractivity contribution in [2.75, 3.05) is 6.61 Å². The molecule has 2 heterocycles. The number of H-pyrrole nitrogens is 1. The van der Waals surface area contributed by atoms with Gasteiger partial charge in [-0.1, -0.05) is 0 Å². The Labute approximate surface area is 124 Å². The highest BCUT2D eigenvalue weighted by Gasteiger charge is 2.17. The molecule has 1 aromatic heterocycles. The first-order valence-corrected chi connectivity index (χ1v) is 7.58. The normalized spacial score (nSPS) is 19.8. The Hall–Kier alpha value is -1.88. The summed E-state index contributed by atoms with van der Waals surface area (Å²) in [5.41, 5.74) is 2.42. The standard InChI is InChI=1S/C16H21N3O2/c1-11(4-6-13-3-2-8-21-13)19-16(20)12-5-7-14-15(9-12)18-10-17-14/h5,7,9-11,13H,2-4,6,8H2,1H3,(H,17,18)(H,19,20)/t11-,13+/m1/s1. The van der Waals surface area contributed by atoms with Crippen molar-refractivity contribution in [3.8, 4) is 0 Å². The number of aromatic nitrogens is 2. The summed E-state index contributed by atoms with van der Waals surface area (Å²) in [4.78, 5) is 19.4. The Morgan fingerprint density at radius 2 is 2.48 bits per heavy atom. The SMILES string of the molecule is C[C@H](CC[C@@H]1CCCO1)NC(=O)c1ccc2nc[nH]c2c1. The summed E-state index contributed by atoms with van der Waals surface area (Å²) in [5.74, 6) is -0.0358. The molecular formula is C16H21N3O2. The third-order valence-corrected chi connectivity index (χ3v) is 4.01. The summed E-state index contributed by atoms with van der Waals surface area (Å²) in [7, 11) is 0. The van der Waals surface area contributed by atoms with Crippen molar-refractivity contribution in [2.24, 2.45) is 0 Å². The van der Waals surface area contributed by atoms with Crippen LogP contribution in [0.4, 0.5) is 0 Å². The molecule has 0 unspecified atom stereocenters. The fourth-order valence-corrected chi connectivity index (χ4v) is 2.76. The van der Waals surface area contributed by atoms with Crippen molar-refractivity contribution in [2.45, 2.75) is 44.8 Å². The van der Waals surface area contributed by atoms with Crippen LogP contribution >= 0.6 is 0 Å². The van der Waals surface area contributed by atoms with E-state index in [4.69, 9.17) is 4.74 Å². The summed E-state index contributed by atoms with van der Waals surface area (Å²) < 4.78 is 5.61. The third kappa shape index (κ3) is 3.42. The molecule has 5 heteroatoms. The molecule has 1 saturated heterocycles. The first kappa shape index (κ1) is 14.1. The molecule has 0 bridgehead atoms. The Kier molecular flexibility index (Phi) is 4.20. The van der Waals surface area contributed by atoms with Gasteiger partial charge in [0.05, 0.1) is 23.5 Å². The smallest absolute Gasteiger partial charge is 0.251 e. The van der Waals surface area contributed by atoms with Crippen LogP contribution in [0.3, 0.4) is 0 Å². The van der Waals surface area contributed by atoms with E-state index in [1.54, 1.807) is 6.33 Å². The maximum absolute atomic E-state index is 12.2. The molecule has 0 aliphatic carbocycles. The molecule has 1 amide bonds. The van der Waals surface area contributed by atoms with Crippen molar-refractivity contribution >= 4 is 16.9 Å². The Balaban J connectivity index is 1.54. The van der Waals surface area contributed by atoms with E-state index in [1.165, 1.54) is 0 Å². The summed E-state index contributed by atoms with van der Waals surface area (Å²) in [6, 6.07) is 5.66. The quantitative estimate of drug-likeness (QED) is 0.888. The van der Waals surface area contributed by atoms with Gasteiger partial charge in [-0.25, -0.2) is 4.98 Å². The van der Waals surface area contributed by atoms with E-state index in [2.05, 4.69) is 15.3 Å². The Bertz CT molecular complexity index is 617. The second-order valence-electron chi connectivity index (χ2n) is 5.72. The van der Waals surface area contributed by atoms with Crippen LogP contribution in [0.1, 0.15) is 43.0 Å².